The molecule has 3 heterocycles. The summed E-state index contributed by atoms with van der Waals surface area (Å²) in [5.74, 6) is 0. The maximum absolute atomic E-state index is 12.1. The number of aromatic nitrogens is 4. The van der Waals surface area contributed by atoms with Gasteiger partial charge in [0.1, 0.15) is 0 Å². The van der Waals surface area contributed by atoms with Crippen molar-refractivity contribution in [2.45, 2.75) is 39.2 Å². The van der Waals surface area contributed by atoms with Crippen LogP contribution in [0.15, 0.2) is 29.5 Å². The number of hydrogen-bond acceptors (Lipinski definition) is 5. The Hall–Kier alpha value is -1.99. The van der Waals surface area contributed by atoms with E-state index in [1.165, 1.54) is 5.69 Å². The van der Waals surface area contributed by atoms with Gasteiger partial charge in [-0.3, -0.25) is 9.69 Å². The molecule has 7 nitrogen and oxygen atoms in total. The van der Waals surface area contributed by atoms with Crippen molar-refractivity contribution >= 4 is 0 Å². The molecule has 3 rings (SSSR count). The zero-order valence-electron chi connectivity index (χ0n) is 17.1. The number of rotatable bonds is 6. The summed E-state index contributed by atoms with van der Waals surface area (Å²) < 4.78 is 3.71. The number of aryl methyl sites for hydroxylation is 1. The first-order valence-electron chi connectivity index (χ1n) is 9.81. The van der Waals surface area contributed by atoms with Crippen molar-refractivity contribution < 1.29 is 0 Å². The first kappa shape index (κ1) is 19.8. The van der Waals surface area contributed by atoms with Gasteiger partial charge in [-0.1, -0.05) is 20.8 Å². The molecular weight excluding hydrogens is 340 g/mol. The van der Waals surface area contributed by atoms with Crippen LogP contribution >= 0.6 is 0 Å². The lowest BCUT2D eigenvalue weighted by atomic mass is 9.92. The Morgan fingerprint density at radius 3 is 2.26 bits per heavy atom. The molecule has 1 fully saturated rings. The molecule has 2 aromatic rings. The SMILES string of the molecule is Cn1cncc1CCN1CCN(CCn2nc(C(C)(C)C)ccc2=O)CC1. The van der Waals surface area contributed by atoms with E-state index >= 15 is 0 Å². The maximum atomic E-state index is 12.1. The van der Waals surface area contributed by atoms with Gasteiger partial charge in [-0.05, 0) is 6.07 Å². The van der Waals surface area contributed by atoms with Crippen LogP contribution in [0.2, 0.25) is 0 Å². The van der Waals surface area contributed by atoms with E-state index in [9.17, 15) is 4.79 Å². The van der Waals surface area contributed by atoms with E-state index < -0.39 is 0 Å². The number of imidazole rings is 1. The fraction of sp³-hybridized carbons (Fsp3) is 0.650. The van der Waals surface area contributed by atoms with Crippen LogP contribution in [0, 0.1) is 0 Å². The van der Waals surface area contributed by atoms with Crippen molar-refractivity contribution in [2.75, 3.05) is 39.3 Å². The van der Waals surface area contributed by atoms with Crippen LogP contribution in [0.25, 0.3) is 0 Å². The molecule has 7 heteroatoms. The molecule has 148 valence electrons. The minimum absolute atomic E-state index is 0.0159. The first-order valence-corrected chi connectivity index (χ1v) is 9.81. The second kappa shape index (κ2) is 8.35. The lowest BCUT2D eigenvalue weighted by molar-refractivity contribution is 0.128. The molecule has 0 radical (unpaired) electrons. The largest absolute Gasteiger partial charge is 0.338 e. The molecule has 0 unspecified atom stereocenters. The molecule has 0 N–H and O–H groups in total. The highest BCUT2D eigenvalue weighted by Crippen LogP contribution is 2.18. The van der Waals surface area contributed by atoms with Gasteiger partial charge in [-0.2, -0.15) is 5.10 Å². The Morgan fingerprint density at radius 2 is 1.67 bits per heavy atom. The number of hydrogen-bond donors (Lipinski definition) is 0. The standard InChI is InChI=1S/C20H32N6O/c1-20(2,3)18-5-6-19(27)26(22-18)14-13-25-11-9-24(10-12-25)8-7-17-15-21-16-23(17)4/h5-6,15-16H,7-14H2,1-4H3. The summed E-state index contributed by atoms with van der Waals surface area (Å²) in [5.41, 5.74) is 2.18. The van der Waals surface area contributed by atoms with Crippen molar-refractivity contribution in [2.24, 2.45) is 7.05 Å². The smallest absolute Gasteiger partial charge is 0.266 e. The number of nitrogens with zero attached hydrogens (tertiary/aromatic N) is 6. The third-order valence-electron chi connectivity index (χ3n) is 5.33. The summed E-state index contributed by atoms with van der Waals surface area (Å²) >= 11 is 0. The van der Waals surface area contributed by atoms with Crippen molar-refractivity contribution in [3.05, 3.63) is 46.4 Å². The predicted octanol–water partition coefficient (Wildman–Crippen LogP) is 1.13. The summed E-state index contributed by atoms with van der Waals surface area (Å²) in [4.78, 5) is 21.2. The molecular formula is C20H32N6O. The molecule has 0 spiro atoms. The lowest BCUT2D eigenvalue weighted by Crippen LogP contribution is -2.48. The van der Waals surface area contributed by atoms with Gasteiger partial charge < -0.3 is 9.47 Å². The molecule has 1 aliphatic rings. The summed E-state index contributed by atoms with van der Waals surface area (Å²) in [5, 5.41) is 4.57. The third kappa shape index (κ3) is 5.26. The van der Waals surface area contributed by atoms with Crippen LogP contribution in [0.1, 0.15) is 32.2 Å². The highest BCUT2D eigenvalue weighted by Gasteiger charge is 2.19. The van der Waals surface area contributed by atoms with Crippen molar-refractivity contribution in [1.82, 2.24) is 29.1 Å². The maximum Gasteiger partial charge on any atom is 0.266 e. The van der Waals surface area contributed by atoms with E-state index in [2.05, 4.69) is 45.2 Å². The average molecular weight is 373 g/mol. The highest BCUT2D eigenvalue weighted by molar-refractivity contribution is 5.10. The quantitative estimate of drug-likeness (QED) is 0.761. The highest BCUT2D eigenvalue weighted by atomic mass is 16.1. The zero-order chi connectivity index (χ0) is 19.4. The van der Waals surface area contributed by atoms with Crippen LogP contribution in [-0.2, 0) is 25.4 Å². The molecule has 0 bridgehead atoms. The van der Waals surface area contributed by atoms with Gasteiger partial charge in [-0.25, -0.2) is 9.67 Å². The van der Waals surface area contributed by atoms with E-state index in [0.717, 1.165) is 51.4 Å². The van der Waals surface area contributed by atoms with Gasteiger partial charge in [0.2, 0.25) is 0 Å². The molecule has 1 aliphatic heterocycles. The monoisotopic (exact) mass is 372 g/mol. The molecule has 0 aromatic carbocycles. The van der Waals surface area contributed by atoms with Crippen LogP contribution in [-0.4, -0.2) is 68.4 Å². The third-order valence-corrected chi connectivity index (χ3v) is 5.33. The molecule has 0 aliphatic carbocycles. The summed E-state index contributed by atoms with van der Waals surface area (Å²) in [6.45, 7) is 13.2. The van der Waals surface area contributed by atoms with E-state index in [4.69, 9.17) is 0 Å². The van der Waals surface area contributed by atoms with Gasteiger partial charge in [0.15, 0.2) is 0 Å². The minimum Gasteiger partial charge on any atom is -0.338 e. The van der Waals surface area contributed by atoms with Crippen LogP contribution < -0.4 is 5.56 Å². The van der Waals surface area contributed by atoms with Gasteiger partial charge in [0.25, 0.3) is 5.56 Å². The Morgan fingerprint density at radius 1 is 1.00 bits per heavy atom. The normalized spacial score (nSPS) is 16.7. The molecule has 0 saturated carbocycles. The molecule has 0 atom stereocenters. The minimum atomic E-state index is -0.0467. The van der Waals surface area contributed by atoms with Crippen molar-refractivity contribution in [3.8, 4) is 0 Å². The van der Waals surface area contributed by atoms with Gasteiger partial charge in [0.05, 0.1) is 18.6 Å². The zero-order valence-corrected chi connectivity index (χ0v) is 17.1. The predicted molar refractivity (Wildman–Crippen MR) is 107 cm³/mol. The Labute approximate surface area is 161 Å². The fourth-order valence-corrected chi connectivity index (χ4v) is 3.38. The van der Waals surface area contributed by atoms with Crippen LogP contribution in [0.3, 0.4) is 0 Å². The van der Waals surface area contributed by atoms with Crippen molar-refractivity contribution in [3.63, 3.8) is 0 Å². The lowest BCUT2D eigenvalue weighted by Gasteiger charge is -2.34. The molecule has 2 aromatic heterocycles. The Bertz CT molecular complexity index is 795. The molecule has 0 amide bonds. The fourth-order valence-electron chi connectivity index (χ4n) is 3.38. The molecule has 1 saturated heterocycles. The van der Waals surface area contributed by atoms with Crippen molar-refractivity contribution in [1.29, 1.82) is 0 Å². The average Bonchev–Trinajstić information content (AvgIpc) is 3.04. The van der Waals surface area contributed by atoms with E-state index in [1.807, 2.05) is 25.6 Å². The summed E-state index contributed by atoms with van der Waals surface area (Å²) in [6.07, 6.45) is 4.85. The van der Waals surface area contributed by atoms with Crippen LogP contribution in [0.5, 0.6) is 0 Å². The van der Waals surface area contributed by atoms with Gasteiger partial charge >= 0.3 is 0 Å². The van der Waals surface area contributed by atoms with E-state index in [-0.39, 0.29) is 11.0 Å². The van der Waals surface area contributed by atoms with E-state index in [0.29, 0.717) is 6.54 Å². The first-order chi connectivity index (χ1) is 12.8. The van der Waals surface area contributed by atoms with E-state index in [1.54, 1.807) is 10.7 Å². The van der Waals surface area contributed by atoms with Gasteiger partial charge in [-0.15, -0.1) is 0 Å². The Kier molecular flexibility index (Phi) is 6.11. The number of piperazine rings is 1. The Balaban J connectivity index is 1.46. The topological polar surface area (TPSA) is 59.2 Å². The second-order valence-electron chi connectivity index (χ2n) is 8.46. The van der Waals surface area contributed by atoms with Crippen LogP contribution in [0.4, 0.5) is 0 Å². The second-order valence-corrected chi connectivity index (χ2v) is 8.46. The summed E-state index contributed by atoms with van der Waals surface area (Å²) in [7, 11) is 2.05. The molecule has 27 heavy (non-hydrogen) atoms. The summed E-state index contributed by atoms with van der Waals surface area (Å²) in [6, 6.07) is 3.49. The van der Waals surface area contributed by atoms with Gasteiger partial charge in [0, 0.05) is 76.1 Å².